The highest BCUT2D eigenvalue weighted by atomic mass is 35.5. The van der Waals surface area contributed by atoms with Crippen LogP contribution in [0.5, 0.6) is 5.75 Å². The number of ether oxygens (including phenoxy) is 1. The molecule has 0 aliphatic heterocycles. The number of nitrogens with zero attached hydrogens (tertiary/aromatic N) is 3. The maximum Gasteiger partial charge on any atom is 0.292 e. The molecule has 0 fully saturated rings. The van der Waals surface area contributed by atoms with E-state index in [0.717, 1.165) is 0 Å². The number of hydrogen-bond acceptors (Lipinski definition) is 5. The molecule has 1 aromatic heterocycles. The summed E-state index contributed by atoms with van der Waals surface area (Å²) in [5, 5.41) is 13.1. The number of rotatable bonds is 5. The van der Waals surface area contributed by atoms with Crippen LogP contribution >= 0.6 is 11.6 Å². The van der Waals surface area contributed by atoms with Crippen molar-refractivity contribution < 1.29 is 9.84 Å². The third-order valence-electron chi connectivity index (χ3n) is 3.06. The minimum absolute atomic E-state index is 0.0333. The Bertz CT molecular complexity index is 670. The molecule has 0 radical (unpaired) electrons. The van der Waals surface area contributed by atoms with E-state index in [1.807, 2.05) is 0 Å². The molecule has 7 heteroatoms. The molecular weight excluding hydrogens is 294 g/mol. The van der Waals surface area contributed by atoms with E-state index in [0.29, 0.717) is 23.7 Å². The van der Waals surface area contributed by atoms with Gasteiger partial charge >= 0.3 is 0 Å². The van der Waals surface area contributed by atoms with Crippen molar-refractivity contribution in [3.8, 4) is 11.4 Å². The summed E-state index contributed by atoms with van der Waals surface area (Å²) in [7, 11) is 3.30. The number of aromatic nitrogens is 2. The topological polar surface area (TPSA) is 67.6 Å². The van der Waals surface area contributed by atoms with Crippen molar-refractivity contribution in [2.45, 2.75) is 0 Å². The van der Waals surface area contributed by atoms with E-state index >= 15 is 0 Å². The SMILES string of the molecule is COc1ccc(-n2ncc(N(C)CCO)c(Cl)c2=O)cc1. The van der Waals surface area contributed by atoms with Crippen molar-refractivity contribution in [2.75, 3.05) is 32.2 Å². The summed E-state index contributed by atoms with van der Waals surface area (Å²) in [5.41, 5.74) is 0.670. The molecule has 0 spiro atoms. The fraction of sp³-hybridized carbons (Fsp3) is 0.286. The van der Waals surface area contributed by atoms with Gasteiger partial charge in [-0.2, -0.15) is 9.78 Å². The lowest BCUT2D eigenvalue weighted by atomic mass is 10.3. The minimum atomic E-state index is -0.413. The Morgan fingerprint density at radius 2 is 2.05 bits per heavy atom. The number of hydrogen-bond donors (Lipinski definition) is 1. The molecule has 2 aromatic rings. The predicted octanol–water partition coefficient (Wildman–Crippen LogP) is 1.32. The van der Waals surface area contributed by atoms with Gasteiger partial charge in [-0.25, -0.2) is 0 Å². The third-order valence-corrected chi connectivity index (χ3v) is 3.42. The zero-order chi connectivity index (χ0) is 15.4. The summed E-state index contributed by atoms with van der Waals surface area (Å²) in [6, 6.07) is 6.92. The van der Waals surface area contributed by atoms with Crippen LogP contribution in [0.2, 0.25) is 5.02 Å². The van der Waals surface area contributed by atoms with E-state index in [9.17, 15) is 4.79 Å². The summed E-state index contributed by atoms with van der Waals surface area (Å²) in [5.74, 6) is 0.692. The molecule has 1 N–H and O–H groups in total. The molecule has 21 heavy (non-hydrogen) atoms. The van der Waals surface area contributed by atoms with Crippen LogP contribution in [0.25, 0.3) is 5.69 Å². The Morgan fingerprint density at radius 3 is 2.62 bits per heavy atom. The summed E-state index contributed by atoms with van der Waals surface area (Å²) < 4.78 is 6.29. The second-order valence-corrected chi connectivity index (χ2v) is 4.78. The van der Waals surface area contributed by atoms with E-state index in [4.69, 9.17) is 21.4 Å². The zero-order valence-corrected chi connectivity index (χ0v) is 12.5. The molecule has 0 saturated carbocycles. The van der Waals surface area contributed by atoms with E-state index in [1.165, 1.54) is 10.9 Å². The van der Waals surface area contributed by atoms with Gasteiger partial charge in [-0.15, -0.1) is 0 Å². The number of aliphatic hydroxyl groups excluding tert-OH is 1. The van der Waals surface area contributed by atoms with Crippen molar-refractivity contribution in [1.82, 2.24) is 9.78 Å². The van der Waals surface area contributed by atoms with Gasteiger partial charge in [0.15, 0.2) is 0 Å². The first-order valence-corrected chi connectivity index (χ1v) is 6.70. The predicted molar refractivity (Wildman–Crippen MR) is 81.8 cm³/mol. The molecule has 2 rings (SSSR count). The fourth-order valence-corrected chi connectivity index (χ4v) is 2.14. The highest BCUT2D eigenvalue weighted by molar-refractivity contribution is 6.33. The molecule has 0 unspecified atom stereocenters. The van der Waals surface area contributed by atoms with E-state index in [1.54, 1.807) is 43.3 Å². The van der Waals surface area contributed by atoms with Crippen molar-refractivity contribution in [2.24, 2.45) is 0 Å². The van der Waals surface area contributed by atoms with E-state index in [-0.39, 0.29) is 11.6 Å². The molecule has 1 heterocycles. The maximum absolute atomic E-state index is 12.3. The van der Waals surface area contributed by atoms with E-state index < -0.39 is 5.56 Å². The molecule has 0 amide bonds. The largest absolute Gasteiger partial charge is 0.497 e. The molecular formula is C14H16ClN3O3. The van der Waals surface area contributed by atoms with Gasteiger partial charge in [0.05, 0.1) is 31.3 Å². The van der Waals surface area contributed by atoms with Crippen LogP contribution in [0.4, 0.5) is 5.69 Å². The number of halogens is 1. The molecule has 0 saturated heterocycles. The molecule has 112 valence electrons. The number of benzene rings is 1. The maximum atomic E-state index is 12.3. The first kappa shape index (κ1) is 15.3. The second-order valence-electron chi connectivity index (χ2n) is 4.40. The normalized spacial score (nSPS) is 10.5. The van der Waals surface area contributed by atoms with Gasteiger partial charge in [-0.3, -0.25) is 4.79 Å². The average Bonchev–Trinajstić information content (AvgIpc) is 2.50. The quantitative estimate of drug-likeness (QED) is 0.902. The molecule has 0 aliphatic rings. The van der Waals surface area contributed by atoms with Gasteiger partial charge < -0.3 is 14.7 Å². The highest BCUT2D eigenvalue weighted by Crippen LogP contribution is 2.20. The third kappa shape index (κ3) is 3.17. The van der Waals surface area contributed by atoms with Crippen molar-refractivity contribution >= 4 is 17.3 Å². The second kappa shape index (κ2) is 6.60. The zero-order valence-electron chi connectivity index (χ0n) is 11.8. The molecule has 1 aromatic carbocycles. The van der Waals surface area contributed by atoms with Crippen LogP contribution in [0, 0.1) is 0 Å². The molecule has 0 bridgehead atoms. The standard InChI is InChI=1S/C14H16ClN3O3/c1-17(7-8-19)12-9-16-18(14(20)13(12)15)10-3-5-11(21-2)6-4-10/h3-6,9,19H,7-8H2,1-2H3. The monoisotopic (exact) mass is 309 g/mol. The lowest BCUT2D eigenvalue weighted by molar-refractivity contribution is 0.304. The van der Waals surface area contributed by atoms with Gasteiger partial charge in [0.1, 0.15) is 10.8 Å². The first-order valence-electron chi connectivity index (χ1n) is 6.32. The van der Waals surface area contributed by atoms with Crippen molar-refractivity contribution in [1.29, 1.82) is 0 Å². The van der Waals surface area contributed by atoms with Crippen LogP contribution in [0.15, 0.2) is 35.3 Å². The summed E-state index contributed by atoms with van der Waals surface area (Å²) in [6.45, 7) is 0.335. The smallest absolute Gasteiger partial charge is 0.292 e. The van der Waals surface area contributed by atoms with Crippen molar-refractivity contribution in [3.05, 3.63) is 45.8 Å². The first-order chi connectivity index (χ1) is 10.1. The molecule has 0 atom stereocenters. The minimum Gasteiger partial charge on any atom is -0.497 e. The highest BCUT2D eigenvalue weighted by Gasteiger charge is 2.13. The summed E-state index contributed by atoms with van der Waals surface area (Å²) in [6.07, 6.45) is 1.50. The Labute approximate surface area is 127 Å². The summed E-state index contributed by atoms with van der Waals surface area (Å²) in [4.78, 5) is 14.0. The average molecular weight is 310 g/mol. The molecule has 0 aliphatic carbocycles. The van der Waals surface area contributed by atoms with Crippen LogP contribution in [-0.2, 0) is 0 Å². The van der Waals surface area contributed by atoms with Gasteiger partial charge in [0, 0.05) is 13.6 Å². The van der Waals surface area contributed by atoms with Crippen LogP contribution in [0.1, 0.15) is 0 Å². The van der Waals surface area contributed by atoms with E-state index in [2.05, 4.69) is 5.10 Å². The Balaban J connectivity index is 2.42. The Kier molecular flexibility index (Phi) is 4.82. The van der Waals surface area contributed by atoms with Gasteiger partial charge in [0.25, 0.3) is 5.56 Å². The lowest BCUT2D eigenvalue weighted by Crippen LogP contribution is -2.27. The van der Waals surface area contributed by atoms with Crippen LogP contribution in [-0.4, -0.2) is 42.2 Å². The Hall–Kier alpha value is -2.05. The molecule has 6 nitrogen and oxygen atoms in total. The lowest BCUT2D eigenvalue weighted by Gasteiger charge is -2.19. The van der Waals surface area contributed by atoms with Gasteiger partial charge in [0.2, 0.25) is 0 Å². The number of methoxy groups -OCH3 is 1. The number of aliphatic hydroxyl groups is 1. The van der Waals surface area contributed by atoms with Crippen LogP contribution < -0.4 is 15.2 Å². The van der Waals surface area contributed by atoms with Crippen LogP contribution in [0.3, 0.4) is 0 Å². The van der Waals surface area contributed by atoms with Crippen molar-refractivity contribution in [3.63, 3.8) is 0 Å². The summed E-state index contributed by atoms with van der Waals surface area (Å²) >= 11 is 6.12. The van der Waals surface area contributed by atoms with Gasteiger partial charge in [-0.1, -0.05) is 11.6 Å². The Morgan fingerprint density at radius 1 is 1.38 bits per heavy atom. The number of anilines is 1. The fourth-order valence-electron chi connectivity index (χ4n) is 1.87. The van der Waals surface area contributed by atoms with Gasteiger partial charge in [-0.05, 0) is 24.3 Å². The number of likely N-dealkylation sites (N-methyl/N-ethyl adjacent to an activating group) is 1.